The maximum Gasteiger partial charge on any atom is 0.334 e. The Kier molecular flexibility index (Phi) is 7.91. The number of ketones is 1. The Morgan fingerprint density at radius 2 is 1.87 bits per heavy atom. The average Bonchev–Trinajstić information content (AvgIpc) is 2.21. The van der Waals surface area contributed by atoms with E-state index < -0.39 is 6.10 Å². The summed E-state index contributed by atoms with van der Waals surface area (Å²) in [5, 5.41) is 0. The van der Waals surface area contributed by atoms with Gasteiger partial charge in [-0.05, 0) is 33.1 Å². The van der Waals surface area contributed by atoms with Crippen LogP contribution in [0.3, 0.4) is 0 Å². The van der Waals surface area contributed by atoms with Gasteiger partial charge in [0.2, 0.25) is 0 Å². The Morgan fingerprint density at radius 3 is 2.40 bits per heavy atom. The van der Waals surface area contributed by atoms with Gasteiger partial charge >= 0.3 is 5.97 Å². The lowest BCUT2D eigenvalue weighted by Crippen LogP contribution is -2.22. The molecule has 1 atom stereocenters. The number of rotatable bonds is 8. The summed E-state index contributed by atoms with van der Waals surface area (Å²) >= 11 is 0. The zero-order valence-electron chi connectivity index (χ0n) is 9.75. The maximum atomic E-state index is 11.1. The predicted octanol–water partition coefficient (Wildman–Crippen LogP) is 1.71. The van der Waals surface area contributed by atoms with Gasteiger partial charge in [-0.3, -0.25) is 0 Å². The van der Waals surface area contributed by atoms with Gasteiger partial charge in [0.1, 0.15) is 5.78 Å². The Hall–Kier alpha value is -0.900. The Balaban J connectivity index is 3.31. The van der Waals surface area contributed by atoms with Crippen molar-refractivity contribution in [2.75, 3.05) is 13.7 Å². The first kappa shape index (κ1) is 14.1. The second kappa shape index (κ2) is 8.41. The van der Waals surface area contributed by atoms with Crippen LogP contribution < -0.4 is 0 Å². The first-order valence-corrected chi connectivity index (χ1v) is 5.26. The smallest absolute Gasteiger partial charge is 0.334 e. The fourth-order valence-corrected chi connectivity index (χ4v) is 1.04. The first-order chi connectivity index (χ1) is 7.07. The number of hydrogen-bond acceptors (Lipinski definition) is 4. The lowest BCUT2D eigenvalue weighted by Gasteiger charge is -2.09. The van der Waals surface area contributed by atoms with Crippen LogP contribution in [0.15, 0.2) is 0 Å². The third-order valence-corrected chi connectivity index (χ3v) is 2.10. The molecule has 0 aliphatic rings. The molecule has 0 bridgehead atoms. The molecule has 4 heteroatoms. The van der Waals surface area contributed by atoms with Gasteiger partial charge in [0.15, 0.2) is 6.10 Å². The Labute approximate surface area is 90.9 Å². The molecule has 88 valence electrons. The van der Waals surface area contributed by atoms with Crippen molar-refractivity contribution < 1.29 is 19.1 Å². The van der Waals surface area contributed by atoms with E-state index in [1.54, 1.807) is 13.8 Å². The van der Waals surface area contributed by atoms with Crippen molar-refractivity contribution in [2.45, 2.75) is 45.6 Å². The summed E-state index contributed by atoms with van der Waals surface area (Å²) in [7, 11) is 1.47. The highest BCUT2D eigenvalue weighted by molar-refractivity contribution is 5.75. The van der Waals surface area contributed by atoms with Crippen LogP contribution in [0.1, 0.15) is 39.5 Å². The SMILES string of the molecule is COC(C)C(=O)OCCCCCC(C)=O. The zero-order valence-corrected chi connectivity index (χ0v) is 9.75. The first-order valence-electron chi connectivity index (χ1n) is 5.26. The van der Waals surface area contributed by atoms with Crippen LogP contribution in [0.4, 0.5) is 0 Å². The van der Waals surface area contributed by atoms with E-state index >= 15 is 0 Å². The Morgan fingerprint density at radius 1 is 1.20 bits per heavy atom. The molecule has 1 unspecified atom stereocenters. The number of methoxy groups -OCH3 is 1. The average molecular weight is 216 g/mol. The van der Waals surface area contributed by atoms with Crippen molar-refractivity contribution in [3.8, 4) is 0 Å². The molecule has 0 aromatic heterocycles. The van der Waals surface area contributed by atoms with E-state index in [1.165, 1.54) is 7.11 Å². The minimum atomic E-state index is -0.498. The molecule has 0 aromatic carbocycles. The number of unbranched alkanes of at least 4 members (excludes halogenated alkanes) is 2. The molecule has 0 spiro atoms. The third-order valence-electron chi connectivity index (χ3n) is 2.10. The van der Waals surface area contributed by atoms with E-state index in [-0.39, 0.29) is 11.8 Å². The minimum absolute atomic E-state index is 0.208. The summed E-state index contributed by atoms with van der Waals surface area (Å²) in [6.07, 6.45) is 2.70. The third kappa shape index (κ3) is 8.12. The van der Waals surface area contributed by atoms with Crippen LogP contribution in [0, 0.1) is 0 Å². The lowest BCUT2D eigenvalue weighted by atomic mass is 10.1. The normalized spacial score (nSPS) is 12.2. The largest absolute Gasteiger partial charge is 0.464 e. The summed E-state index contributed by atoms with van der Waals surface area (Å²) in [5.74, 6) is -0.121. The van der Waals surface area contributed by atoms with Gasteiger partial charge in [0.05, 0.1) is 6.61 Å². The maximum absolute atomic E-state index is 11.1. The minimum Gasteiger partial charge on any atom is -0.464 e. The zero-order chi connectivity index (χ0) is 11.7. The van der Waals surface area contributed by atoms with Crippen LogP contribution in [0.2, 0.25) is 0 Å². The van der Waals surface area contributed by atoms with Crippen LogP contribution in [0.25, 0.3) is 0 Å². The molecular weight excluding hydrogens is 196 g/mol. The summed E-state index contributed by atoms with van der Waals surface area (Å²) in [5.41, 5.74) is 0. The van der Waals surface area contributed by atoms with Gasteiger partial charge < -0.3 is 14.3 Å². The highest BCUT2D eigenvalue weighted by Crippen LogP contribution is 2.01. The van der Waals surface area contributed by atoms with Gasteiger partial charge in [-0.1, -0.05) is 0 Å². The van der Waals surface area contributed by atoms with Gasteiger partial charge in [-0.25, -0.2) is 4.79 Å². The monoisotopic (exact) mass is 216 g/mol. The molecule has 0 aromatic rings. The number of hydrogen-bond donors (Lipinski definition) is 0. The van der Waals surface area contributed by atoms with Crippen molar-refractivity contribution in [2.24, 2.45) is 0 Å². The number of esters is 1. The molecule has 15 heavy (non-hydrogen) atoms. The molecule has 0 saturated heterocycles. The van der Waals surface area contributed by atoms with Crippen LogP contribution in [-0.2, 0) is 19.1 Å². The fourth-order valence-electron chi connectivity index (χ4n) is 1.04. The highest BCUT2D eigenvalue weighted by Gasteiger charge is 2.11. The highest BCUT2D eigenvalue weighted by atomic mass is 16.6. The summed E-state index contributed by atoms with van der Waals surface area (Å²) in [4.78, 5) is 21.7. The van der Waals surface area contributed by atoms with E-state index in [1.807, 2.05) is 0 Å². The summed E-state index contributed by atoms with van der Waals surface area (Å²) < 4.78 is 9.76. The van der Waals surface area contributed by atoms with Crippen molar-refractivity contribution in [3.05, 3.63) is 0 Å². The fraction of sp³-hybridized carbons (Fsp3) is 0.818. The molecule has 0 saturated carbocycles. The van der Waals surface area contributed by atoms with Gasteiger partial charge in [-0.2, -0.15) is 0 Å². The predicted molar refractivity (Wildman–Crippen MR) is 56.6 cm³/mol. The van der Waals surface area contributed by atoms with Gasteiger partial charge in [-0.15, -0.1) is 0 Å². The van der Waals surface area contributed by atoms with E-state index in [4.69, 9.17) is 9.47 Å². The number of carbonyl (C=O) groups excluding carboxylic acids is 2. The standard InChI is InChI=1S/C11H20O4/c1-9(12)7-5-4-6-8-15-11(13)10(2)14-3/h10H,4-8H2,1-3H3. The summed E-state index contributed by atoms with van der Waals surface area (Å²) in [6, 6.07) is 0. The van der Waals surface area contributed by atoms with Crippen LogP contribution >= 0.6 is 0 Å². The number of Topliss-reactive ketones (excluding diaryl/α,β-unsaturated/α-hetero) is 1. The molecule has 0 N–H and O–H groups in total. The molecule has 0 fully saturated rings. The van der Waals surface area contributed by atoms with E-state index in [2.05, 4.69) is 0 Å². The lowest BCUT2D eigenvalue weighted by molar-refractivity contribution is -0.154. The van der Waals surface area contributed by atoms with Crippen LogP contribution in [0.5, 0.6) is 0 Å². The molecule has 0 rings (SSSR count). The molecule has 0 heterocycles. The molecule has 0 aliphatic heterocycles. The van der Waals surface area contributed by atoms with Crippen molar-refractivity contribution in [1.29, 1.82) is 0 Å². The molecule has 4 nitrogen and oxygen atoms in total. The number of carbonyl (C=O) groups is 2. The summed E-state index contributed by atoms with van der Waals surface area (Å²) in [6.45, 7) is 3.64. The molecular formula is C11H20O4. The second-order valence-electron chi connectivity index (χ2n) is 3.56. The van der Waals surface area contributed by atoms with Crippen molar-refractivity contribution in [3.63, 3.8) is 0 Å². The van der Waals surface area contributed by atoms with E-state index in [0.29, 0.717) is 13.0 Å². The van der Waals surface area contributed by atoms with Gasteiger partial charge in [0, 0.05) is 13.5 Å². The molecule has 0 radical (unpaired) electrons. The second-order valence-corrected chi connectivity index (χ2v) is 3.56. The number of ether oxygens (including phenoxy) is 2. The molecule has 0 amide bonds. The van der Waals surface area contributed by atoms with Crippen molar-refractivity contribution in [1.82, 2.24) is 0 Å². The van der Waals surface area contributed by atoms with E-state index in [0.717, 1.165) is 19.3 Å². The van der Waals surface area contributed by atoms with Crippen molar-refractivity contribution >= 4 is 11.8 Å². The quantitative estimate of drug-likeness (QED) is 0.458. The topological polar surface area (TPSA) is 52.6 Å². The van der Waals surface area contributed by atoms with E-state index in [9.17, 15) is 9.59 Å². The Bertz CT molecular complexity index is 201. The molecule has 0 aliphatic carbocycles. The van der Waals surface area contributed by atoms with Crippen LogP contribution in [-0.4, -0.2) is 31.6 Å². The van der Waals surface area contributed by atoms with Gasteiger partial charge in [0.25, 0.3) is 0 Å².